The fourth-order valence-corrected chi connectivity index (χ4v) is 2.00. The van der Waals surface area contributed by atoms with Crippen molar-refractivity contribution in [3.8, 4) is 0 Å². The Labute approximate surface area is 135 Å². The average Bonchev–Trinajstić information content (AvgIpc) is 2.27. The van der Waals surface area contributed by atoms with Gasteiger partial charge in [0.1, 0.15) is 5.60 Å². The Balaban J connectivity index is 5.34. The second-order valence-electron chi connectivity index (χ2n) is 6.39. The van der Waals surface area contributed by atoms with E-state index in [1.54, 1.807) is 0 Å². The number of hydrogen-bond donors (Lipinski definition) is 1. The number of hydrogen-bond acceptors (Lipinski definition) is 3. The van der Waals surface area contributed by atoms with Gasteiger partial charge >= 0.3 is 24.3 Å². The number of carbonyl (C=O) groups excluding carboxylic acids is 1. The first-order valence-corrected chi connectivity index (χ1v) is 7.11. The largest absolute Gasteiger partial charge is 0.481 e. The van der Waals surface area contributed by atoms with Crippen LogP contribution < -0.4 is 0 Å². The lowest BCUT2D eigenvalue weighted by molar-refractivity contribution is -0.174. The van der Waals surface area contributed by atoms with E-state index in [1.807, 2.05) is 0 Å². The van der Waals surface area contributed by atoms with Gasteiger partial charge in [-0.05, 0) is 33.6 Å². The van der Waals surface area contributed by atoms with Crippen LogP contribution in [0.4, 0.5) is 26.3 Å². The van der Waals surface area contributed by atoms with Crippen LogP contribution in [-0.4, -0.2) is 35.0 Å². The van der Waals surface area contributed by atoms with Crippen molar-refractivity contribution in [1.29, 1.82) is 0 Å². The topological polar surface area (TPSA) is 63.6 Å². The van der Waals surface area contributed by atoms with Gasteiger partial charge in [0.05, 0.1) is 11.8 Å². The fourth-order valence-electron chi connectivity index (χ4n) is 2.00. The molecule has 0 aromatic carbocycles. The van der Waals surface area contributed by atoms with Gasteiger partial charge in [-0.15, -0.1) is 0 Å². The van der Waals surface area contributed by atoms with Crippen LogP contribution in [0.25, 0.3) is 0 Å². The molecule has 142 valence electrons. The second kappa shape index (κ2) is 8.06. The molecule has 0 spiro atoms. The summed E-state index contributed by atoms with van der Waals surface area (Å²) in [6.45, 7) is 4.24. The van der Waals surface area contributed by atoms with Crippen LogP contribution in [0, 0.1) is 11.8 Å². The summed E-state index contributed by atoms with van der Waals surface area (Å²) in [6, 6.07) is 0. The average molecular weight is 366 g/mol. The van der Waals surface area contributed by atoms with Gasteiger partial charge in [-0.1, -0.05) is 0 Å². The third-order valence-corrected chi connectivity index (χ3v) is 2.99. The third kappa shape index (κ3) is 10.3. The molecule has 4 nitrogen and oxygen atoms in total. The molecule has 0 saturated heterocycles. The van der Waals surface area contributed by atoms with E-state index in [1.165, 1.54) is 20.8 Å². The van der Waals surface area contributed by atoms with E-state index in [2.05, 4.69) is 0 Å². The van der Waals surface area contributed by atoms with Crippen LogP contribution in [0.15, 0.2) is 0 Å². The van der Waals surface area contributed by atoms with Gasteiger partial charge in [0.25, 0.3) is 0 Å². The monoisotopic (exact) mass is 366 g/mol. The van der Waals surface area contributed by atoms with E-state index in [0.29, 0.717) is 0 Å². The Kier molecular flexibility index (Phi) is 7.57. The number of ether oxygens (including phenoxy) is 1. The van der Waals surface area contributed by atoms with Crippen molar-refractivity contribution >= 4 is 11.9 Å². The summed E-state index contributed by atoms with van der Waals surface area (Å²) in [6.07, 6.45) is -14.3. The second-order valence-corrected chi connectivity index (χ2v) is 6.39. The predicted molar refractivity (Wildman–Crippen MR) is 71.0 cm³/mol. The number of rotatable bonds is 7. The smallest absolute Gasteiger partial charge is 0.389 e. The van der Waals surface area contributed by atoms with Gasteiger partial charge in [0, 0.05) is 12.8 Å². The van der Waals surface area contributed by atoms with Crippen molar-refractivity contribution in [3.63, 3.8) is 0 Å². The van der Waals surface area contributed by atoms with Gasteiger partial charge in [-0.3, -0.25) is 9.59 Å². The first kappa shape index (κ1) is 22.5. The summed E-state index contributed by atoms with van der Waals surface area (Å²) in [4.78, 5) is 23.2. The lowest BCUT2D eigenvalue weighted by atomic mass is 9.84. The Hall–Kier alpha value is -1.48. The maximum absolute atomic E-state index is 12.4. The van der Waals surface area contributed by atoms with Crippen LogP contribution in [0.5, 0.6) is 0 Å². The predicted octanol–water partition coefficient (Wildman–Crippen LogP) is 4.33. The highest BCUT2D eigenvalue weighted by Gasteiger charge is 2.41. The van der Waals surface area contributed by atoms with Crippen molar-refractivity contribution in [1.82, 2.24) is 0 Å². The number of halogens is 6. The molecule has 2 atom stereocenters. The third-order valence-electron chi connectivity index (χ3n) is 2.99. The molecule has 0 amide bonds. The molecule has 0 radical (unpaired) electrons. The SMILES string of the molecule is CC(C)(C)OC(=O)C(CCC(F)(F)F)[C@@H](CCC(F)(F)F)C(=O)O. The van der Waals surface area contributed by atoms with Crippen LogP contribution in [0.3, 0.4) is 0 Å². The van der Waals surface area contributed by atoms with E-state index >= 15 is 0 Å². The van der Waals surface area contributed by atoms with Gasteiger partial charge in [0.15, 0.2) is 0 Å². The van der Waals surface area contributed by atoms with Gasteiger partial charge in [-0.25, -0.2) is 0 Å². The Morgan fingerprint density at radius 2 is 1.25 bits per heavy atom. The summed E-state index contributed by atoms with van der Waals surface area (Å²) in [5, 5.41) is 9.06. The maximum Gasteiger partial charge on any atom is 0.389 e. The van der Waals surface area contributed by atoms with Crippen LogP contribution >= 0.6 is 0 Å². The minimum atomic E-state index is -4.68. The van der Waals surface area contributed by atoms with Crippen molar-refractivity contribution < 1.29 is 45.8 Å². The summed E-state index contributed by atoms with van der Waals surface area (Å²) < 4.78 is 78.9. The molecule has 0 aliphatic carbocycles. The lowest BCUT2D eigenvalue weighted by Crippen LogP contribution is -2.36. The highest BCUT2D eigenvalue weighted by molar-refractivity contribution is 5.81. The zero-order valence-corrected chi connectivity index (χ0v) is 13.4. The molecule has 0 saturated carbocycles. The Bertz CT molecular complexity index is 436. The first-order chi connectivity index (χ1) is 10.5. The molecule has 0 aliphatic heterocycles. The summed E-state index contributed by atoms with van der Waals surface area (Å²) >= 11 is 0. The zero-order chi connectivity index (χ0) is 19.3. The summed E-state index contributed by atoms with van der Waals surface area (Å²) in [7, 11) is 0. The summed E-state index contributed by atoms with van der Waals surface area (Å²) in [5.74, 6) is -6.74. The van der Waals surface area contributed by atoms with E-state index in [0.717, 1.165) is 0 Å². The standard InChI is InChI=1S/C14H20F6O4/c1-12(2,3)24-11(23)9(5-7-14(18,19)20)8(10(21)22)4-6-13(15,16)17/h8-9H,4-7H2,1-3H3,(H,21,22)/t8-,9?/m1/s1. The quantitative estimate of drug-likeness (QED) is 0.538. The van der Waals surface area contributed by atoms with E-state index in [-0.39, 0.29) is 0 Å². The van der Waals surface area contributed by atoms with Gasteiger partial charge < -0.3 is 9.84 Å². The van der Waals surface area contributed by atoms with E-state index in [9.17, 15) is 35.9 Å². The molecule has 1 unspecified atom stereocenters. The normalized spacial score (nSPS) is 15.7. The fraction of sp³-hybridized carbons (Fsp3) is 0.857. The van der Waals surface area contributed by atoms with E-state index < -0.39 is 67.4 Å². The number of carboxylic acids is 1. The van der Waals surface area contributed by atoms with Crippen LogP contribution in [0.2, 0.25) is 0 Å². The number of aliphatic carboxylic acids is 1. The van der Waals surface area contributed by atoms with Crippen LogP contribution in [0.1, 0.15) is 46.5 Å². The number of carboxylic acid groups (broad SMARTS) is 1. The van der Waals surface area contributed by atoms with Gasteiger partial charge in [-0.2, -0.15) is 26.3 Å². The number of alkyl halides is 6. The zero-order valence-electron chi connectivity index (χ0n) is 13.4. The molecule has 0 fully saturated rings. The molecular weight excluding hydrogens is 346 g/mol. The minimum absolute atomic E-state index is 0.951. The highest BCUT2D eigenvalue weighted by Crippen LogP contribution is 2.33. The van der Waals surface area contributed by atoms with Crippen molar-refractivity contribution in [2.75, 3.05) is 0 Å². The first-order valence-electron chi connectivity index (χ1n) is 7.11. The molecule has 0 aliphatic rings. The molecule has 10 heteroatoms. The molecule has 0 heterocycles. The minimum Gasteiger partial charge on any atom is -0.481 e. The number of esters is 1. The Morgan fingerprint density at radius 1 is 0.875 bits per heavy atom. The van der Waals surface area contributed by atoms with Crippen molar-refractivity contribution in [2.45, 2.75) is 64.4 Å². The maximum atomic E-state index is 12.4. The number of carbonyl (C=O) groups is 2. The molecule has 0 rings (SSSR count). The van der Waals surface area contributed by atoms with Crippen LogP contribution in [-0.2, 0) is 14.3 Å². The summed E-state index contributed by atoms with van der Waals surface area (Å²) in [5.41, 5.74) is -1.11. The van der Waals surface area contributed by atoms with Gasteiger partial charge in [0.2, 0.25) is 0 Å². The van der Waals surface area contributed by atoms with Crippen molar-refractivity contribution in [3.05, 3.63) is 0 Å². The van der Waals surface area contributed by atoms with E-state index in [4.69, 9.17) is 9.84 Å². The molecule has 0 aromatic heterocycles. The molecular formula is C14H20F6O4. The molecule has 1 N–H and O–H groups in total. The molecule has 0 aromatic rings. The van der Waals surface area contributed by atoms with Crippen molar-refractivity contribution in [2.24, 2.45) is 11.8 Å². The molecule has 24 heavy (non-hydrogen) atoms. The highest BCUT2D eigenvalue weighted by atomic mass is 19.4. The Morgan fingerprint density at radius 3 is 1.54 bits per heavy atom. The lowest BCUT2D eigenvalue weighted by Gasteiger charge is -2.27. The molecule has 0 bridgehead atoms.